The number of benzene rings is 2. The second kappa shape index (κ2) is 11.1. The Morgan fingerprint density at radius 3 is 2.52 bits per heavy atom. The largest absolute Gasteiger partial charge is 0.486 e. The molecule has 0 saturated heterocycles. The molecule has 2 saturated carbocycles. The third-order valence-electron chi connectivity index (χ3n) is 8.54. The van der Waals surface area contributed by atoms with Gasteiger partial charge in [0.1, 0.15) is 18.2 Å². The Kier molecular flexibility index (Phi) is 7.80. The number of rotatable bonds is 10. The van der Waals surface area contributed by atoms with Crippen molar-refractivity contribution in [2.75, 3.05) is 7.11 Å². The third-order valence-corrected chi connectivity index (χ3v) is 8.54. The van der Waals surface area contributed by atoms with Gasteiger partial charge in [0.05, 0.1) is 19.7 Å². The number of halogens is 3. The van der Waals surface area contributed by atoms with Gasteiger partial charge in [0.25, 0.3) is 0 Å². The number of carboxylic acids is 1. The molecule has 212 valence electrons. The van der Waals surface area contributed by atoms with Gasteiger partial charge in [-0.3, -0.25) is 4.79 Å². The highest BCUT2D eigenvalue weighted by molar-refractivity contribution is 5.70. The molecule has 0 bridgehead atoms. The molecule has 8 heteroatoms. The standard InChI is InChI=1S/C32H34F3NO4/c1-32(2)11-5-7-25(32)23-12-19(26(33)13-22(23)24-14-29(39-3)36-16-27(24)34)17-40-28-8-4-6-20(31(28)35)21(15-30(37)38)18-9-10-18/h4,6,8,12-14,16,18,21,25H,5,7,9-11,15,17H2,1-3H3,(H,37,38)/t21-,25-/m1/s1. The Balaban J connectivity index is 1.50. The van der Waals surface area contributed by atoms with E-state index < -0.39 is 29.3 Å². The summed E-state index contributed by atoms with van der Waals surface area (Å²) < 4.78 is 57.1. The lowest BCUT2D eigenvalue weighted by atomic mass is 9.75. The van der Waals surface area contributed by atoms with Crippen LogP contribution >= 0.6 is 0 Å². The highest BCUT2D eigenvalue weighted by Gasteiger charge is 2.38. The first-order chi connectivity index (χ1) is 19.1. The molecule has 2 aliphatic rings. The van der Waals surface area contributed by atoms with Crippen LogP contribution in [-0.2, 0) is 11.4 Å². The topological polar surface area (TPSA) is 68.7 Å². The van der Waals surface area contributed by atoms with E-state index in [4.69, 9.17) is 9.47 Å². The summed E-state index contributed by atoms with van der Waals surface area (Å²) in [5.41, 5.74) is 1.92. The Morgan fingerprint density at radius 1 is 1.10 bits per heavy atom. The van der Waals surface area contributed by atoms with Crippen molar-refractivity contribution in [3.8, 4) is 22.8 Å². The van der Waals surface area contributed by atoms with Crippen molar-refractivity contribution in [1.82, 2.24) is 4.98 Å². The van der Waals surface area contributed by atoms with Crippen LogP contribution in [0, 0.1) is 28.8 Å². The summed E-state index contributed by atoms with van der Waals surface area (Å²) in [7, 11) is 1.44. The lowest BCUT2D eigenvalue weighted by molar-refractivity contribution is -0.137. The first-order valence-electron chi connectivity index (χ1n) is 13.7. The van der Waals surface area contributed by atoms with Gasteiger partial charge in [0.15, 0.2) is 11.6 Å². The molecule has 2 atom stereocenters. The average molecular weight is 554 g/mol. The van der Waals surface area contributed by atoms with Gasteiger partial charge >= 0.3 is 5.97 Å². The lowest BCUT2D eigenvalue weighted by Crippen LogP contribution is -2.17. The highest BCUT2D eigenvalue weighted by Crippen LogP contribution is 2.52. The zero-order valence-corrected chi connectivity index (χ0v) is 23.0. The van der Waals surface area contributed by atoms with E-state index in [9.17, 15) is 14.3 Å². The van der Waals surface area contributed by atoms with E-state index >= 15 is 8.78 Å². The Bertz CT molecular complexity index is 1420. The van der Waals surface area contributed by atoms with Gasteiger partial charge in [-0.25, -0.2) is 18.2 Å². The van der Waals surface area contributed by atoms with Crippen LogP contribution in [0.15, 0.2) is 42.6 Å². The minimum absolute atomic E-state index is 0.0512. The third kappa shape index (κ3) is 5.67. The number of pyridine rings is 1. The van der Waals surface area contributed by atoms with Crippen LogP contribution in [-0.4, -0.2) is 23.2 Å². The van der Waals surface area contributed by atoms with Crippen LogP contribution in [0.4, 0.5) is 13.2 Å². The fraction of sp³-hybridized carbons (Fsp3) is 0.438. The Labute approximate surface area is 232 Å². The molecule has 0 spiro atoms. The molecule has 2 aromatic carbocycles. The van der Waals surface area contributed by atoms with E-state index in [2.05, 4.69) is 18.8 Å². The molecule has 3 aromatic rings. The zero-order chi connectivity index (χ0) is 28.6. The minimum atomic E-state index is -0.976. The quantitative estimate of drug-likeness (QED) is 0.275. The van der Waals surface area contributed by atoms with Crippen molar-refractivity contribution in [3.05, 3.63) is 76.7 Å². The molecule has 1 N–H and O–H groups in total. The molecule has 1 heterocycles. The van der Waals surface area contributed by atoms with Crippen molar-refractivity contribution >= 4 is 5.97 Å². The van der Waals surface area contributed by atoms with E-state index in [1.165, 1.54) is 25.3 Å². The van der Waals surface area contributed by atoms with E-state index in [0.717, 1.165) is 43.9 Å². The molecule has 2 fully saturated rings. The van der Waals surface area contributed by atoms with Crippen molar-refractivity contribution in [2.45, 2.75) is 70.8 Å². The fourth-order valence-electron chi connectivity index (χ4n) is 6.21. The van der Waals surface area contributed by atoms with E-state index in [0.29, 0.717) is 11.1 Å². The zero-order valence-electron chi connectivity index (χ0n) is 23.0. The molecule has 0 unspecified atom stereocenters. The van der Waals surface area contributed by atoms with Gasteiger partial charge < -0.3 is 14.6 Å². The molecule has 5 nitrogen and oxygen atoms in total. The molecular formula is C32H34F3NO4. The van der Waals surface area contributed by atoms with Crippen LogP contribution in [0.5, 0.6) is 11.6 Å². The van der Waals surface area contributed by atoms with Gasteiger partial charge in [0, 0.05) is 23.1 Å². The van der Waals surface area contributed by atoms with Crippen molar-refractivity contribution in [1.29, 1.82) is 0 Å². The molecule has 2 aliphatic carbocycles. The maximum Gasteiger partial charge on any atom is 0.303 e. The number of aliphatic carboxylic acids is 1. The Morgan fingerprint density at radius 2 is 1.88 bits per heavy atom. The molecule has 1 aromatic heterocycles. The smallest absolute Gasteiger partial charge is 0.303 e. The summed E-state index contributed by atoms with van der Waals surface area (Å²) in [6.45, 7) is 4.08. The maximum absolute atomic E-state index is 15.6. The summed E-state index contributed by atoms with van der Waals surface area (Å²) in [5, 5.41) is 9.34. The van der Waals surface area contributed by atoms with Crippen molar-refractivity contribution in [3.63, 3.8) is 0 Å². The molecule has 0 radical (unpaired) electrons. The first kappa shape index (κ1) is 28.0. The van der Waals surface area contributed by atoms with Crippen LogP contribution in [0.1, 0.15) is 80.9 Å². The molecule has 5 rings (SSSR count). The van der Waals surface area contributed by atoms with Gasteiger partial charge in [0.2, 0.25) is 5.88 Å². The van der Waals surface area contributed by atoms with Gasteiger partial charge in [-0.15, -0.1) is 0 Å². The molecule has 0 aliphatic heterocycles. The molecule has 40 heavy (non-hydrogen) atoms. The van der Waals surface area contributed by atoms with E-state index in [1.807, 2.05) is 0 Å². The predicted octanol–water partition coefficient (Wildman–Crippen LogP) is 8.02. The molecule has 0 amide bonds. The van der Waals surface area contributed by atoms with Crippen LogP contribution in [0.3, 0.4) is 0 Å². The normalized spacial score (nSPS) is 18.9. The average Bonchev–Trinajstić information content (AvgIpc) is 3.70. The van der Waals surface area contributed by atoms with Crippen LogP contribution < -0.4 is 9.47 Å². The van der Waals surface area contributed by atoms with Crippen molar-refractivity contribution < 1.29 is 32.5 Å². The van der Waals surface area contributed by atoms with E-state index in [-0.39, 0.29) is 53.0 Å². The summed E-state index contributed by atoms with van der Waals surface area (Å²) in [6, 6.07) is 9.21. The summed E-state index contributed by atoms with van der Waals surface area (Å²) in [4.78, 5) is 15.3. The number of nitrogens with zero attached hydrogens (tertiary/aromatic N) is 1. The number of carbonyl (C=O) groups is 1. The van der Waals surface area contributed by atoms with Crippen LogP contribution in [0.2, 0.25) is 0 Å². The SMILES string of the molecule is COc1cc(-c2cc(F)c(COc3cccc([C@H](CC(=O)O)C4CC4)c3F)cc2[C@H]2CCCC2(C)C)c(F)cn1. The predicted molar refractivity (Wildman–Crippen MR) is 145 cm³/mol. The number of hydrogen-bond acceptors (Lipinski definition) is 4. The second-order valence-electron chi connectivity index (χ2n) is 11.7. The van der Waals surface area contributed by atoms with Gasteiger partial charge in [-0.1, -0.05) is 32.4 Å². The van der Waals surface area contributed by atoms with Gasteiger partial charge in [-0.05, 0) is 77.8 Å². The molecular weight excluding hydrogens is 519 g/mol. The minimum Gasteiger partial charge on any atom is -0.486 e. The summed E-state index contributed by atoms with van der Waals surface area (Å²) >= 11 is 0. The number of methoxy groups -OCH3 is 1. The Hall–Kier alpha value is -3.55. The maximum atomic E-state index is 15.6. The second-order valence-corrected chi connectivity index (χ2v) is 11.7. The van der Waals surface area contributed by atoms with Crippen LogP contribution in [0.25, 0.3) is 11.1 Å². The highest BCUT2D eigenvalue weighted by atomic mass is 19.1. The fourth-order valence-corrected chi connectivity index (χ4v) is 6.21. The number of hydrogen-bond donors (Lipinski definition) is 1. The number of ether oxygens (including phenoxy) is 2. The number of carboxylic acid groups (broad SMARTS) is 1. The lowest BCUT2D eigenvalue weighted by Gasteiger charge is -2.30. The van der Waals surface area contributed by atoms with E-state index in [1.54, 1.807) is 18.2 Å². The number of aromatic nitrogens is 1. The first-order valence-corrected chi connectivity index (χ1v) is 13.7. The summed E-state index contributed by atoms with van der Waals surface area (Å²) in [5.74, 6) is -2.83. The van der Waals surface area contributed by atoms with Gasteiger partial charge in [-0.2, -0.15) is 0 Å². The summed E-state index contributed by atoms with van der Waals surface area (Å²) in [6.07, 6.45) is 5.50. The monoisotopic (exact) mass is 553 g/mol. The van der Waals surface area contributed by atoms with Crippen molar-refractivity contribution in [2.24, 2.45) is 11.3 Å².